The molecule has 1 fully saturated rings. The van der Waals surface area contributed by atoms with Crippen LogP contribution in [0.2, 0.25) is 0 Å². The van der Waals surface area contributed by atoms with Crippen molar-refractivity contribution >= 4 is 22.6 Å². The first-order valence-electron chi connectivity index (χ1n) is 5.01. The molecule has 1 heterocycles. The monoisotopic (exact) mass is 257 g/mol. The smallest absolute Gasteiger partial charge is 0.281 e. The molecule has 1 N–H and O–H groups in total. The SMILES string of the molecule is CCCN(C)S(=O)(=O)N1CCNCC1.Cl. The van der Waals surface area contributed by atoms with E-state index in [4.69, 9.17) is 0 Å². The van der Waals surface area contributed by atoms with Gasteiger partial charge in [-0.15, -0.1) is 12.4 Å². The molecular formula is C8H20ClN3O2S. The van der Waals surface area contributed by atoms with Crippen LogP contribution in [0.25, 0.3) is 0 Å². The van der Waals surface area contributed by atoms with Crippen LogP contribution in [0.15, 0.2) is 0 Å². The molecule has 0 bridgehead atoms. The topological polar surface area (TPSA) is 52.7 Å². The Morgan fingerprint density at radius 3 is 2.33 bits per heavy atom. The minimum absolute atomic E-state index is 0. The summed E-state index contributed by atoms with van der Waals surface area (Å²) >= 11 is 0. The quantitative estimate of drug-likeness (QED) is 0.765. The lowest BCUT2D eigenvalue weighted by Crippen LogP contribution is -2.50. The maximum Gasteiger partial charge on any atom is 0.281 e. The van der Waals surface area contributed by atoms with Gasteiger partial charge in [-0.2, -0.15) is 17.0 Å². The van der Waals surface area contributed by atoms with Crippen LogP contribution in [0.5, 0.6) is 0 Å². The highest BCUT2D eigenvalue weighted by molar-refractivity contribution is 7.86. The van der Waals surface area contributed by atoms with Gasteiger partial charge in [0.15, 0.2) is 0 Å². The number of rotatable bonds is 4. The average Bonchev–Trinajstić information content (AvgIpc) is 2.19. The van der Waals surface area contributed by atoms with Gasteiger partial charge in [-0.25, -0.2) is 0 Å². The molecule has 0 unspecified atom stereocenters. The van der Waals surface area contributed by atoms with E-state index >= 15 is 0 Å². The lowest BCUT2D eigenvalue weighted by molar-refractivity contribution is 0.326. The Balaban J connectivity index is 0.00000196. The minimum atomic E-state index is -3.20. The van der Waals surface area contributed by atoms with Gasteiger partial charge in [0.1, 0.15) is 0 Å². The van der Waals surface area contributed by atoms with Gasteiger partial charge >= 0.3 is 0 Å². The van der Waals surface area contributed by atoms with Crippen molar-refractivity contribution in [1.82, 2.24) is 13.9 Å². The van der Waals surface area contributed by atoms with Gasteiger partial charge in [-0.05, 0) is 6.42 Å². The van der Waals surface area contributed by atoms with E-state index in [9.17, 15) is 8.42 Å². The Labute approximate surface area is 98.4 Å². The first-order chi connectivity index (χ1) is 6.59. The lowest BCUT2D eigenvalue weighted by atomic mass is 10.4. The second-order valence-electron chi connectivity index (χ2n) is 3.48. The number of hydrogen-bond donors (Lipinski definition) is 1. The molecule has 0 aliphatic carbocycles. The fourth-order valence-electron chi connectivity index (χ4n) is 1.50. The summed E-state index contributed by atoms with van der Waals surface area (Å²) < 4.78 is 26.8. The fraction of sp³-hybridized carbons (Fsp3) is 1.00. The van der Waals surface area contributed by atoms with Crippen molar-refractivity contribution in [3.63, 3.8) is 0 Å². The van der Waals surface area contributed by atoms with E-state index in [0.29, 0.717) is 19.6 Å². The van der Waals surface area contributed by atoms with E-state index in [1.807, 2.05) is 6.92 Å². The van der Waals surface area contributed by atoms with Gasteiger partial charge in [-0.3, -0.25) is 0 Å². The summed E-state index contributed by atoms with van der Waals surface area (Å²) in [4.78, 5) is 0. The Kier molecular flexibility index (Phi) is 6.70. The van der Waals surface area contributed by atoms with Crippen LogP contribution in [-0.4, -0.2) is 56.8 Å². The molecule has 1 aliphatic rings. The van der Waals surface area contributed by atoms with Gasteiger partial charge in [-0.1, -0.05) is 6.92 Å². The third-order valence-corrected chi connectivity index (χ3v) is 4.32. The molecule has 0 aromatic heterocycles. The van der Waals surface area contributed by atoms with Crippen molar-refractivity contribution in [2.75, 3.05) is 39.8 Å². The van der Waals surface area contributed by atoms with Crippen molar-refractivity contribution in [2.45, 2.75) is 13.3 Å². The van der Waals surface area contributed by atoms with Crippen LogP contribution in [0.1, 0.15) is 13.3 Å². The zero-order valence-electron chi connectivity index (χ0n) is 9.27. The summed E-state index contributed by atoms with van der Waals surface area (Å²) in [6.07, 6.45) is 0.849. The van der Waals surface area contributed by atoms with E-state index in [1.165, 1.54) is 4.31 Å². The van der Waals surface area contributed by atoms with Crippen LogP contribution in [0.3, 0.4) is 0 Å². The molecule has 7 heteroatoms. The van der Waals surface area contributed by atoms with E-state index in [2.05, 4.69) is 5.32 Å². The predicted octanol–water partition coefficient (Wildman–Crippen LogP) is -0.100. The van der Waals surface area contributed by atoms with Crippen molar-refractivity contribution < 1.29 is 8.42 Å². The molecule has 0 amide bonds. The van der Waals surface area contributed by atoms with Gasteiger partial charge < -0.3 is 5.32 Å². The maximum atomic E-state index is 11.9. The molecule has 1 rings (SSSR count). The summed E-state index contributed by atoms with van der Waals surface area (Å²) in [6, 6.07) is 0. The second kappa shape index (κ2) is 6.65. The van der Waals surface area contributed by atoms with Crippen LogP contribution in [0.4, 0.5) is 0 Å². The van der Waals surface area contributed by atoms with Gasteiger partial charge in [0, 0.05) is 39.8 Å². The van der Waals surface area contributed by atoms with E-state index in [1.54, 1.807) is 11.4 Å². The fourth-order valence-corrected chi connectivity index (χ4v) is 2.95. The third kappa shape index (κ3) is 3.88. The van der Waals surface area contributed by atoms with Crippen molar-refractivity contribution in [2.24, 2.45) is 0 Å². The molecule has 15 heavy (non-hydrogen) atoms. The summed E-state index contributed by atoms with van der Waals surface area (Å²) in [5.74, 6) is 0. The Bertz CT molecular complexity index is 265. The summed E-state index contributed by atoms with van der Waals surface area (Å²) in [6.45, 7) is 5.22. The predicted molar refractivity (Wildman–Crippen MR) is 63.5 cm³/mol. The molecule has 1 aliphatic heterocycles. The molecule has 0 aromatic carbocycles. The Morgan fingerprint density at radius 1 is 1.33 bits per heavy atom. The number of nitrogens with zero attached hydrogens (tertiary/aromatic N) is 2. The van der Waals surface area contributed by atoms with E-state index < -0.39 is 10.2 Å². The molecule has 0 radical (unpaired) electrons. The normalized spacial score (nSPS) is 18.9. The largest absolute Gasteiger partial charge is 0.314 e. The van der Waals surface area contributed by atoms with Crippen LogP contribution in [0, 0.1) is 0 Å². The summed E-state index contributed by atoms with van der Waals surface area (Å²) in [7, 11) is -1.56. The highest BCUT2D eigenvalue weighted by Gasteiger charge is 2.27. The molecule has 0 spiro atoms. The third-order valence-electron chi connectivity index (χ3n) is 2.33. The van der Waals surface area contributed by atoms with Gasteiger partial charge in [0.2, 0.25) is 0 Å². The van der Waals surface area contributed by atoms with Crippen molar-refractivity contribution in [3.8, 4) is 0 Å². The molecule has 5 nitrogen and oxygen atoms in total. The zero-order chi connectivity index (χ0) is 10.6. The highest BCUT2D eigenvalue weighted by Crippen LogP contribution is 2.07. The van der Waals surface area contributed by atoms with Crippen LogP contribution in [-0.2, 0) is 10.2 Å². The highest BCUT2D eigenvalue weighted by atomic mass is 35.5. The summed E-state index contributed by atoms with van der Waals surface area (Å²) in [5, 5.41) is 3.13. The standard InChI is InChI=1S/C8H19N3O2S.ClH/c1-3-6-10(2)14(12,13)11-7-4-9-5-8-11;/h9H,3-8H2,1-2H3;1H. The molecule has 0 aromatic rings. The lowest BCUT2D eigenvalue weighted by Gasteiger charge is -2.30. The Morgan fingerprint density at radius 2 is 1.87 bits per heavy atom. The van der Waals surface area contributed by atoms with Gasteiger partial charge in [0.25, 0.3) is 10.2 Å². The molecule has 0 atom stereocenters. The number of hydrogen-bond acceptors (Lipinski definition) is 3. The van der Waals surface area contributed by atoms with E-state index in [-0.39, 0.29) is 12.4 Å². The van der Waals surface area contributed by atoms with E-state index in [0.717, 1.165) is 19.5 Å². The molecule has 92 valence electrons. The van der Waals surface area contributed by atoms with Crippen molar-refractivity contribution in [3.05, 3.63) is 0 Å². The average molecular weight is 258 g/mol. The first-order valence-corrected chi connectivity index (χ1v) is 6.41. The van der Waals surface area contributed by atoms with Gasteiger partial charge in [0.05, 0.1) is 0 Å². The zero-order valence-corrected chi connectivity index (χ0v) is 10.9. The number of piperazine rings is 1. The Hall–Kier alpha value is 0.120. The molecule has 0 saturated carbocycles. The van der Waals surface area contributed by atoms with Crippen LogP contribution >= 0.6 is 12.4 Å². The van der Waals surface area contributed by atoms with Crippen molar-refractivity contribution in [1.29, 1.82) is 0 Å². The number of halogens is 1. The minimum Gasteiger partial charge on any atom is -0.314 e. The second-order valence-corrected chi connectivity index (χ2v) is 5.51. The van der Waals surface area contributed by atoms with Crippen LogP contribution < -0.4 is 5.32 Å². The molecule has 1 saturated heterocycles. The molecular weight excluding hydrogens is 238 g/mol. The summed E-state index contributed by atoms with van der Waals surface area (Å²) in [5.41, 5.74) is 0. The number of nitrogens with one attached hydrogen (secondary N) is 1. The maximum absolute atomic E-state index is 11.9. The first kappa shape index (κ1) is 15.1.